The van der Waals surface area contributed by atoms with E-state index in [4.69, 9.17) is 21.1 Å². The Kier molecular flexibility index (Phi) is 13.8. The van der Waals surface area contributed by atoms with Gasteiger partial charge in [-0.1, -0.05) is 54.9 Å². The monoisotopic (exact) mass is 802 g/mol. The summed E-state index contributed by atoms with van der Waals surface area (Å²) in [4.78, 5) is 69.6. The van der Waals surface area contributed by atoms with E-state index in [1.807, 2.05) is 13.0 Å². The number of rotatable bonds is 12. The van der Waals surface area contributed by atoms with Gasteiger partial charge in [-0.25, -0.2) is 9.59 Å². The van der Waals surface area contributed by atoms with Crippen LogP contribution in [0.15, 0.2) is 89.5 Å². The molecule has 288 valence electrons. The summed E-state index contributed by atoms with van der Waals surface area (Å²) < 4.78 is 10.9. The molecule has 0 spiro atoms. The van der Waals surface area contributed by atoms with Crippen molar-refractivity contribution in [3.05, 3.63) is 117 Å². The number of nitrogens with zero attached hydrogens (tertiary/aromatic N) is 1. The van der Waals surface area contributed by atoms with Crippen molar-refractivity contribution in [2.24, 2.45) is 0 Å². The highest BCUT2D eigenvalue weighted by molar-refractivity contribution is 8.00. The summed E-state index contributed by atoms with van der Waals surface area (Å²) in [5, 5.41) is 8.84. The summed E-state index contributed by atoms with van der Waals surface area (Å²) in [6.45, 7) is 9.78. The Balaban J connectivity index is 1.32. The van der Waals surface area contributed by atoms with E-state index in [2.05, 4.69) is 16.0 Å². The Hall–Kier alpha value is -5.11. The van der Waals surface area contributed by atoms with Gasteiger partial charge in [-0.2, -0.15) is 0 Å². The van der Waals surface area contributed by atoms with Crippen LogP contribution in [0.25, 0.3) is 6.08 Å². The topological polar surface area (TPSA) is 143 Å². The zero-order valence-corrected chi connectivity index (χ0v) is 33.6. The molecule has 11 nitrogen and oxygen atoms in total. The van der Waals surface area contributed by atoms with Crippen molar-refractivity contribution >= 4 is 81.2 Å². The third-order valence-corrected chi connectivity index (χ3v) is 10.9. The van der Waals surface area contributed by atoms with Gasteiger partial charge in [0.1, 0.15) is 16.3 Å². The quantitative estimate of drug-likeness (QED) is 0.0733. The highest BCUT2D eigenvalue weighted by Gasteiger charge is 2.33. The number of hydrogen-bond acceptors (Lipinski definition) is 9. The van der Waals surface area contributed by atoms with Gasteiger partial charge < -0.3 is 30.3 Å². The van der Waals surface area contributed by atoms with Gasteiger partial charge in [-0.15, -0.1) is 23.1 Å². The molecule has 0 saturated heterocycles. The van der Waals surface area contributed by atoms with E-state index in [9.17, 15) is 24.0 Å². The van der Waals surface area contributed by atoms with E-state index in [1.165, 1.54) is 23.1 Å². The van der Waals surface area contributed by atoms with Crippen LogP contribution in [-0.2, 0) is 32.0 Å². The number of nitrogens with one attached hydrogen (secondary N) is 3. The van der Waals surface area contributed by atoms with Crippen LogP contribution in [0.2, 0.25) is 5.02 Å². The van der Waals surface area contributed by atoms with Gasteiger partial charge in [0.25, 0.3) is 11.8 Å². The highest BCUT2D eigenvalue weighted by atomic mass is 35.5. The van der Waals surface area contributed by atoms with Crippen molar-refractivity contribution < 1.29 is 33.4 Å². The minimum Gasteiger partial charge on any atom is -0.462 e. The Labute approximate surface area is 333 Å². The first-order chi connectivity index (χ1) is 26.2. The van der Waals surface area contributed by atoms with E-state index in [1.54, 1.807) is 111 Å². The number of halogens is 1. The maximum Gasteiger partial charge on any atom is 0.410 e. The van der Waals surface area contributed by atoms with Gasteiger partial charge in [0.05, 0.1) is 24.0 Å². The fraction of sp³-hybridized carbons (Fsp3) is 0.293. The molecule has 2 heterocycles. The predicted octanol–water partition coefficient (Wildman–Crippen LogP) is 8.79. The molecular weight excluding hydrogens is 760 g/mol. The second-order valence-corrected chi connectivity index (χ2v) is 16.3. The van der Waals surface area contributed by atoms with Crippen LogP contribution in [0.3, 0.4) is 0 Å². The molecule has 55 heavy (non-hydrogen) atoms. The van der Waals surface area contributed by atoms with Crippen LogP contribution in [0.4, 0.5) is 15.5 Å². The number of esters is 1. The van der Waals surface area contributed by atoms with Crippen molar-refractivity contribution in [3.63, 3.8) is 0 Å². The van der Waals surface area contributed by atoms with Gasteiger partial charge >= 0.3 is 12.1 Å². The van der Waals surface area contributed by atoms with E-state index in [0.717, 1.165) is 10.4 Å². The lowest BCUT2D eigenvalue weighted by molar-refractivity contribution is -0.116. The van der Waals surface area contributed by atoms with E-state index in [0.29, 0.717) is 56.7 Å². The van der Waals surface area contributed by atoms with Crippen LogP contribution < -0.4 is 16.0 Å². The molecule has 1 aliphatic heterocycles. The van der Waals surface area contributed by atoms with Crippen LogP contribution in [0, 0.1) is 0 Å². The Morgan fingerprint density at radius 1 is 0.964 bits per heavy atom. The second-order valence-electron chi connectivity index (χ2n) is 13.5. The largest absolute Gasteiger partial charge is 0.462 e. The summed E-state index contributed by atoms with van der Waals surface area (Å²) in [7, 11) is 0. The van der Waals surface area contributed by atoms with E-state index >= 15 is 0 Å². The number of benzene rings is 3. The molecule has 3 N–H and O–H groups in total. The zero-order chi connectivity index (χ0) is 39.7. The molecule has 4 aromatic rings. The summed E-state index contributed by atoms with van der Waals surface area (Å²) in [6.07, 6.45) is 1.96. The lowest BCUT2D eigenvalue weighted by Crippen LogP contribution is -2.39. The average molecular weight is 803 g/mol. The lowest BCUT2D eigenvalue weighted by atomic mass is 10.0. The van der Waals surface area contributed by atoms with E-state index < -0.39 is 34.7 Å². The van der Waals surface area contributed by atoms with Gasteiger partial charge in [0, 0.05) is 32.6 Å². The minimum absolute atomic E-state index is 0.00486. The first-order valence-electron chi connectivity index (χ1n) is 17.8. The number of ether oxygens (including phenoxy) is 2. The number of fused-ring (bicyclic) bond motifs is 1. The van der Waals surface area contributed by atoms with E-state index in [-0.39, 0.29) is 24.8 Å². The van der Waals surface area contributed by atoms with Crippen LogP contribution in [-0.4, -0.2) is 58.7 Å². The molecule has 5 rings (SSSR count). The smallest absolute Gasteiger partial charge is 0.410 e. The summed E-state index contributed by atoms with van der Waals surface area (Å²) in [5.41, 5.74) is 1.86. The van der Waals surface area contributed by atoms with Crippen molar-refractivity contribution in [1.82, 2.24) is 10.2 Å². The summed E-state index contributed by atoms with van der Waals surface area (Å²) in [5.74, 6) is -1.86. The van der Waals surface area contributed by atoms with Crippen LogP contribution >= 0.6 is 34.7 Å². The molecule has 1 atom stereocenters. The Bertz CT molecular complexity index is 2100. The molecule has 0 bridgehead atoms. The van der Waals surface area contributed by atoms with Gasteiger partial charge in [-0.05, 0) is 100 Å². The lowest BCUT2D eigenvalue weighted by Gasteiger charge is -2.30. The number of thiophene rings is 1. The number of thioether (sulfide) groups is 1. The third kappa shape index (κ3) is 11.2. The SMILES string of the molecule is CCOC(=O)c1c(NC(=O)C(CC)Sc2cccc(NC(=O)/C(=C/c3cccc(Cl)c3)NC(=O)c3ccccc3)c2)sc2c1CCN(C(=O)OC(C)(C)C)C2. The van der Waals surface area contributed by atoms with Crippen molar-refractivity contribution in [1.29, 1.82) is 0 Å². The third-order valence-electron chi connectivity index (χ3n) is 8.15. The standard InChI is InChI=1S/C41H43ClN4O7S2/c1-6-32(37(49)45-38-34(39(50)52-7-2)30-19-20-46(24-33(30)55-38)40(51)53-41(3,4)5)54-29-18-12-17-28(23-29)43-36(48)31(22-25-13-11-16-27(42)21-25)44-35(47)26-14-9-8-10-15-26/h8-18,21-23,32H,6-7,19-20,24H2,1-5H3,(H,43,48)(H,44,47)(H,45,49)/b31-22-. The molecule has 0 aliphatic carbocycles. The second kappa shape index (κ2) is 18.5. The fourth-order valence-corrected chi connectivity index (χ4v) is 8.09. The minimum atomic E-state index is -0.655. The van der Waals surface area contributed by atoms with Crippen molar-refractivity contribution in [2.45, 2.75) is 69.8 Å². The number of hydrogen-bond donors (Lipinski definition) is 3. The molecule has 0 fully saturated rings. The molecule has 4 amide bonds. The van der Waals surface area contributed by atoms with Crippen LogP contribution in [0.5, 0.6) is 0 Å². The van der Waals surface area contributed by atoms with Crippen LogP contribution in [0.1, 0.15) is 77.8 Å². The van der Waals surface area contributed by atoms with Crippen molar-refractivity contribution in [2.75, 3.05) is 23.8 Å². The zero-order valence-electron chi connectivity index (χ0n) is 31.2. The normalized spacial score (nSPS) is 13.3. The number of carbonyl (C=O) groups is 5. The first kappa shape index (κ1) is 41.1. The van der Waals surface area contributed by atoms with Gasteiger partial charge in [0.15, 0.2) is 0 Å². The molecule has 3 aromatic carbocycles. The average Bonchev–Trinajstić information content (AvgIpc) is 3.50. The number of amides is 4. The molecule has 0 radical (unpaired) electrons. The Morgan fingerprint density at radius 2 is 1.71 bits per heavy atom. The number of anilines is 2. The molecule has 1 aromatic heterocycles. The Morgan fingerprint density at radius 3 is 2.40 bits per heavy atom. The molecule has 0 saturated carbocycles. The maximum absolute atomic E-state index is 13.8. The summed E-state index contributed by atoms with van der Waals surface area (Å²) >= 11 is 8.74. The maximum atomic E-state index is 13.8. The number of carbonyl (C=O) groups excluding carboxylic acids is 5. The molecular formula is C41H43ClN4O7S2. The fourth-order valence-electron chi connectivity index (χ4n) is 5.62. The molecule has 14 heteroatoms. The predicted molar refractivity (Wildman–Crippen MR) is 218 cm³/mol. The van der Waals surface area contributed by atoms with Gasteiger partial charge in [0.2, 0.25) is 5.91 Å². The molecule has 1 unspecified atom stereocenters. The van der Waals surface area contributed by atoms with Gasteiger partial charge in [-0.3, -0.25) is 14.4 Å². The highest BCUT2D eigenvalue weighted by Crippen LogP contribution is 2.39. The van der Waals surface area contributed by atoms with Crippen molar-refractivity contribution in [3.8, 4) is 0 Å². The summed E-state index contributed by atoms with van der Waals surface area (Å²) in [6, 6.07) is 22.5. The molecule has 1 aliphatic rings. The first-order valence-corrected chi connectivity index (χ1v) is 19.8.